The van der Waals surface area contributed by atoms with Gasteiger partial charge in [-0.05, 0) is 24.6 Å². The molecule has 2 heterocycles. The highest BCUT2D eigenvalue weighted by atomic mass is 32.1. The summed E-state index contributed by atoms with van der Waals surface area (Å²) in [5.41, 5.74) is 6.79. The van der Waals surface area contributed by atoms with Crippen LogP contribution in [0.3, 0.4) is 0 Å². The second kappa shape index (κ2) is 6.95. The summed E-state index contributed by atoms with van der Waals surface area (Å²) in [6.07, 6.45) is 4.61. The minimum Gasteiger partial charge on any atom is -0.342 e. The Balaban J connectivity index is 2.17. The van der Waals surface area contributed by atoms with Crippen molar-refractivity contribution >= 4 is 16.7 Å². The van der Waals surface area contributed by atoms with Crippen LogP contribution in [0.1, 0.15) is 38.6 Å². The molecular weight excluding hydrogens is 282 g/mol. The zero-order chi connectivity index (χ0) is 15.3. The molecule has 0 aliphatic rings. The van der Waals surface area contributed by atoms with Gasteiger partial charge in [-0.2, -0.15) is 4.37 Å². The number of nitrogens with zero attached hydrogens (tertiary/aromatic N) is 4. The van der Waals surface area contributed by atoms with Crippen LogP contribution in [0.15, 0.2) is 24.5 Å². The minimum atomic E-state index is -0.0252. The number of hydrogen-bond donors (Lipinski definition) is 1. The summed E-state index contributed by atoms with van der Waals surface area (Å²) >= 11 is 1.46. The van der Waals surface area contributed by atoms with E-state index in [1.54, 1.807) is 6.20 Å². The molecule has 0 radical (unpaired) electrons. The SMILES string of the molecule is CC(C)(C)c1nsc(N(CCCN)Cc2cccnc2)n1. The highest BCUT2D eigenvalue weighted by Gasteiger charge is 2.21. The van der Waals surface area contributed by atoms with Crippen LogP contribution in [0.4, 0.5) is 5.13 Å². The van der Waals surface area contributed by atoms with Crippen molar-refractivity contribution in [2.75, 3.05) is 18.0 Å². The molecule has 0 aromatic carbocycles. The minimum absolute atomic E-state index is 0.0252. The Morgan fingerprint density at radius 3 is 2.71 bits per heavy atom. The Kier molecular flexibility index (Phi) is 5.25. The molecule has 2 rings (SSSR count). The lowest BCUT2D eigenvalue weighted by atomic mass is 9.96. The Bertz CT molecular complexity index is 547. The molecule has 0 saturated heterocycles. The number of aromatic nitrogens is 3. The van der Waals surface area contributed by atoms with E-state index in [0.29, 0.717) is 6.54 Å². The standard InChI is InChI=1S/C15H23N5S/c1-15(2,3)13-18-14(21-19-13)20(9-5-7-16)11-12-6-4-8-17-10-12/h4,6,8,10H,5,7,9,11,16H2,1-3H3. The molecule has 2 aromatic rings. The van der Waals surface area contributed by atoms with E-state index in [1.807, 2.05) is 12.3 Å². The molecule has 0 bridgehead atoms. The third-order valence-electron chi connectivity index (χ3n) is 3.09. The van der Waals surface area contributed by atoms with Crippen molar-refractivity contribution in [3.8, 4) is 0 Å². The fourth-order valence-electron chi connectivity index (χ4n) is 1.89. The summed E-state index contributed by atoms with van der Waals surface area (Å²) in [5.74, 6) is 0.895. The van der Waals surface area contributed by atoms with E-state index in [9.17, 15) is 0 Å². The number of rotatable bonds is 6. The smallest absolute Gasteiger partial charge is 0.205 e. The molecule has 2 aromatic heterocycles. The van der Waals surface area contributed by atoms with E-state index in [-0.39, 0.29) is 5.41 Å². The van der Waals surface area contributed by atoms with Gasteiger partial charge in [-0.1, -0.05) is 26.8 Å². The van der Waals surface area contributed by atoms with Gasteiger partial charge < -0.3 is 10.6 Å². The van der Waals surface area contributed by atoms with E-state index < -0.39 is 0 Å². The number of anilines is 1. The summed E-state index contributed by atoms with van der Waals surface area (Å²) in [5, 5.41) is 0.956. The molecule has 114 valence electrons. The summed E-state index contributed by atoms with van der Waals surface area (Å²) in [6.45, 7) is 8.73. The fourth-order valence-corrected chi connectivity index (χ4v) is 2.77. The first-order valence-corrected chi connectivity index (χ1v) is 7.96. The van der Waals surface area contributed by atoms with Gasteiger partial charge >= 0.3 is 0 Å². The van der Waals surface area contributed by atoms with Crippen molar-refractivity contribution in [1.29, 1.82) is 0 Å². The topological polar surface area (TPSA) is 67.9 Å². The summed E-state index contributed by atoms with van der Waals surface area (Å²) < 4.78 is 4.50. The molecule has 0 saturated carbocycles. The Morgan fingerprint density at radius 1 is 1.33 bits per heavy atom. The first-order valence-electron chi connectivity index (χ1n) is 7.19. The van der Waals surface area contributed by atoms with E-state index in [0.717, 1.165) is 30.5 Å². The van der Waals surface area contributed by atoms with E-state index in [2.05, 4.69) is 41.1 Å². The number of hydrogen-bond acceptors (Lipinski definition) is 6. The van der Waals surface area contributed by atoms with Gasteiger partial charge in [-0.3, -0.25) is 4.98 Å². The molecular formula is C15H23N5S. The molecule has 0 spiro atoms. The Hall–Kier alpha value is -1.53. The molecule has 0 aliphatic carbocycles. The zero-order valence-corrected chi connectivity index (χ0v) is 13.7. The fraction of sp³-hybridized carbons (Fsp3) is 0.533. The van der Waals surface area contributed by atoms with Gasteiger partial charge in [0.2, 0.25) is 5.13 Å². The van der Waals surface area contributed by atoms with Crippen molar-refractivity contribution in [2.45, 2.75) is 39.2 Å². The van der Waals surface area contributed by atoms with Crippen molar-refractivity contribution in [3.63, 3.8) is 0 Å². The average molecular weight is 305 g/mol. The van der Waals surface area contributed by atoms with Crippen LogP contribution in [0.25, 0.3) is 0 Å². The largest absolute Gasteiger partial charge is 0.342 e. The lowest BCUT2D eigenvalue weighted by Crippen LogP contribution is -2.26. The second-order valence-corrected chi connectivity index (χ2v) is 6.81. The van der Waals surface area contributed by atoms with Crippen molar-refractivity contribution in [1.82, 2.24) is 14.3 Å². The van der Waals surface area contributed by atoms with Crippen LogP contribution in [0.2, 0.25) is 0 Å². The van der Waals surface area contributed by atoms with Crippen LogP contribution >= 0.6 is 11.5 Å². The van der Waals surface area contributed by atoms with Gasteiger partial charge in [-0.15, -0.1) is 0 Å². The summed E-state index contributed by atoms with van der Waals surface area (Å²) in [6, 6.07) is 4.03. The molecule has 21 heavy (non-hydrogen) atoms. The highest BCUT2D eigenvalue weighted by molar-refractivity contribution is 7.09. The molecule has 0 unspecified atom stereocenters. The van der Waals surface area contributed by atoms with Gasteiger partial charge in [0.25, 0.3) is 0 Å². The molecule has 0 fully saturated rings. The Morgan fingerprint density at radius 2 is 2.14 bits per heavy atom. The van der Waals surface area contributed by atoms with Crippen LogP contribution in [0.5, 0.6) is 0 Å². The molecule has 0 aliphatic heterocycles. The third kappa shape index (κ3) is 4.47. The van der Waals surface area contributed by atoms with Crippen molar-refractivity contribution < 1.29 is 0 Å². The van der Waals surface area contributed by atoms with Gasteiger partial charge in [0, 0.05) is 42.4 Å². The quantitative estimate of drug-likeness (QED) is 0.888. The van der Waals surface area contributed by atoms with Crippen LogP contribution in [-0.4, -0.2) is 27.4 Å². The van der Waals surface area contributed by atoms with Crippen molar-refractivity contribution in [2.24, 2.45) is 5.73 Å². The van der Waals surface area contributed by atoms with Crippen molar-refractivity contribution in [3.05, 3.63) is 35.9 Å². The van der Waals surface area contributed by atoms with Crippen LogP contribution in [-0.2, 0) is 12.0 Å². The summed E-state index contributed by atoms with van der Waals surface area (Å²) in [7, 11) is 0. The van der Waals surface area contributed by atoms with Gasteiger partial charge in [0.15, 0.2) is 0 Å². The molecule has 6 heteroatoms. The first kappa shape index (κ1) is 15.9. The lowest BCUT2D eigenvalue weighted by Gasteiger charge is -2.21. The van der Waals surface area contributed by atoms with E-state index >= 15 is 0 Å². The Labute approximate surface area is 130 Å². The highest BCUT2D eigenvalue weighted by Crippen LogP contribution is 2.26. The van der Waals surface area contributed by atoms with E-state index in [1.165, 1.54) is 17.1 Å². The molecule has 5 nitrogen and oxygen atoms in total. The molecule has 2 N–H and O–H groups in total. The van der Waals surface area contributed by atoms with E-state index in [4.69, 9.17) is 10.7 Å². The maximum Gasteiger partial charge on any atom is 0.205 e. The van der Waals surface area contributed by atoms with Crippen LogP contribution < -0.4 is 10.6 Å². The second-order valence-electron chi connectivity index (χ2n) is 6.08. The summed E-state index contributed by atoms with van der Waals surface area (Å²) in [4.78, 5) is 11.1. The molecule has 0 atom stereocenters. The first-order chi connectivity index (χ1) is 10.0. The monoisotopic (exact) mass is 305 g/mol. The van der Waals surface area contributed by atoms with Gasteiger partial charge in [-0.25, -0.2) is 4.98 Å². The lowest BCUT2D eigenvalue weighted by molar-refractivity contribution is 0.553. The zero-order valence-electron chi connectivity index (χ0n) is 12.9. The van der Waals surface area contributed by atoms with Gasteiger partial charge in [0.1, 0.15) is 5.82 Å². The number of pyridine rings is 1. The average Bonchev–Trinajstić information content (AvgIpc) is 2.94. The van der Waals surface area contributed by atoms with Gasteiger partial charge in [0.05, 0.1) is 0 Å². The maximum atomic E-state index is 5.65. The molecule has 0 amide bonds. The maximum absolute atomic E-state index is 5.65. The predicted molar refractivity (Wildman–Crippen MR) is 87.6 cm³/mol. The third-order valence-corrected chi connectivity index (χ3v) is 3.86. The predicted octanol–water partition coefficient (Wildman–Crippen LogP) is 2.59. The normalized spacial score (nSPS) is 11.6. The van der Waals surface area contributed by atoms with Crippen LogP contribution in [0, 0.1) is 0 Å². The number of nitrogens with two attached hydrogens (primary N) is 1.